The molecule has 1 aromatic carbocycles. The highest BCUT2D eigenvalue weighted by Crippen LogP contribution is 2.25. The first kappa shape index (κ1) is 16.4. The Hall–Kier alpha value is -1.01. The van der Waals surface area contributed by atoms with Gasteiger partial charge in [-0.3, -0.25) is 4.68 Å². The Balaban J connectivity index is 1.95. The van der Waals surface area contributed by atoms with E-state index in [0.29, 0.717) is 32.4 Å². The average molecular weight is 364 g/mol. The minimum absolute atomic E-state index is 0.418. The van der Waals surface area contributed by atoms with E-state index >= 15 is 0 Å². The molecular formula is C13H13Cl3N4S. The number of benzene rings is 1. The minimum Gasteiger partial charge on any atom is -0.357 e. The van der Waals surface area contributed by atoms with E-state index in [1.165, 1.54) is 0 Å². The Bertz CT molecular complexity index is 657. The van der Waals surface area contributed by atoms with Gasteiger partial charge in [-0.25, -0.2) is 0 Å². The van der Waals surface area contributed by atoms with E-state index in [9.17, 15) is 0 Å². The Morgan fingerprint density at radius 3 is 2.71 bits per heavy atom. The summed E-state index contributed by atoms with van der Waals surface area (Å²) in [7, 11) is 0. The first-order chi connectivity index (χ1) is 9.99. The summed E-state index contributed by atoms with van der Waals surface area (Å²) < 4.78 is 1.77. The topological polar surface area (TPSA) is 41.9 Å². The molecule has 1 aromatic heterocycles. The van der Waals surface area contributed by atoms with Crippen molar-refractivity contribution in [2.24, 2.45) is 0 Å². The lowest BCUT2D eigenvalue weighted by atomic mass is 10.3. The second-order valence-corrected chi connectivity index (χ2v) is 5.87. The van der Waals surface area contributed by atoms with E-state index in [1.807, 2.05) is 6.92 Å². The van der Waals surface area contributed by atoms with Crippen molar-refractivity contribution < 1.29 is 0 Å². The van der Waals surface area contributed by atoms with E-state index in [-0.39, 0.29) is 0 Å². The van der Waals surface area contributed by atoms with Crippen molar-refractivity contribution in [2.75, 3.05) is 5.32 Å². The molecule has 8 heteroatoms. The lowest BCUT2D eigenvalue weighted by Gasteiger charge is -2.11. The quantitative estimate of drug-likeness (QED) is 0.793. The number of hydrogen-bond donors (Lipinski definition) is 2. The van der Waals surface area contributed by atoms with Crippen LogP contribution >= 0.6 is 47.0 Å². The maximum absolute atomic E-state index is 6.09. The van der Waals surface area contributed by atoms with Gasteiger partial charge in [0.1, 0.15) is 5.69 Å². The molecule has 0 aliphatic carbocycles. The van der Waals surface area contributed by atoms with Crippen LogP contribution in [0.1, 0.15) is 12.6 Å². The fourth-order valence-corrected chi connectivity index (χ4v) is 2.38. The normalized spacial score (nSPS) is 10.5. The van der Waals surface area contributed by atoms with Crippen molar-refractivity contribution in [3.05, 3.63) is 45.2 Å². The first-order valence-electron chi connectivity index (χ1n) is 6.21. The monoisotopic (exact) mass is 362 g/mol. The van der Waals surface area contributed by atoms with Gasteiger partial charge in [-0.1, -0.05) is 34.8 Å². The van der Waals surface area contributed by atoms with Gasteiger partial charge in [-0.15, -0.1) is 0 Å². The SMILES string of the molecule is CCn1cc(Cl)c(CNC(=S)Nc2cc(Cl)ccc2Cl)n1. The van der Waals surface area contributed by atoms with E-state index in [1.54, 1.807) is 29.1 Å². The van der Waals surface area contributed by atoms with Crippen molar-refractivity contribution in [1.82, 2.24) is 15.1 Å². The first-order valence-corrected chi connectivity index (χ1v) is 7.75. The molecule has 2 N–H and O–H groups in total. The van der Waals surface area contributed by atoms with Crippen LogP contribution in [0.5, 0.6) is 0 Å². The number of anilines is 1. The number of halogens is 3. The van der Waals surface area contributed by atoms with Gasteiger partial charge in [-0.2, -0.15) is 5.10 Å². The fourth-order valence-electron chi connectivity index (χ4n) is 1.64. The number of aromatic nitrogens is 2. The summed E-state index contributed by atoms with van der Waals surface area (Å²) in [6.07, 6.45) is 1.78. The number of rotatable bonds is 4. The molecule has 2 rings (SSSR count). The highest BCUT2D eigenvalue weighted by molar-refractivity contribution is 7.80. The third kappa shape index (κ3) is 4.48. The summed E-state index contributed by atoms with van der Waals surface area (Å²) in [6, 6.07) is 5.12. The summed E-state index contributed by atoms with van der Waals surface area (Å²) in [5.41, 5.74) is 1.38. The molecule has 2 aromatic rings. The van der Waals surface area contributed by atoms with Crippen molar-refractivity contribution in [2.45, 2.75) is 20.0 Å². The van der Waals surface area contributed by atoms with Gasteiger partial charge in [0.15, 0.2) is 5.11 Å². The molecule has 0 bridgehead atoms. The number of nitrogens with zero attached hydrogens (tertiary/aromatic N) is 2. The van der Waals surface area contributed by atoms with Crippen LogP contribution in [0.4, 0.5) is 5.69 Å². The maximum atomic E-state index is 6.09. The Labute approximate surface area is 143 Å². The van der Waals surface area contributed by atoms with E-state index in [2.05, 4.69) is 15.7 Å². The maximum Gasteiger partial charge on any atom is 0.171 e. The molecule has 21 heavy (non-hydrogen) atoms. The zero-order chi connectivity index (χ0) is 15.4. The summed E-state index contributed by atoms with van der Waals surface area (Å²) >= 11 is 23.3. The van der Waals surface area contributed by atoms with Crippen LogP contribution in [0.2, 0.25) is 15.1 Å². The van der Waals surface area contributed by atoms with E-state index < -0.39 is 0 Å². The fraction of sp³-hybridized carbons (Fsp3) is 0.231. The van der Waals surface area contributed by atoms with Crippen molar-refractivity contribution >= 4 is 57.8 Å². The molecule has 1 heterocycles. The number of thiocarbonyl (C=S) groups is 1. The smallest absolute Gasteiger partial charge is 0.171 e. The molecule has 0 spiro atoms. The molecular weight excluding hydrogens is 351 g/mol. The van der Waals surface area contributed by atoms with Gasteiger partial charge in [0.2, 0.25) is 0 Å². The number of nitrogens with one attached hydrogen (secondary N) is 2. The molecule has 0 saturated carbocycles. The minimum atomic E-state index is 0.418. The second kappa shape index (κ2) is 7.31. The van der Waals surface area contributed by atoms with Crippen LogP contribution in [0.3, 0.4) is 0 Å². The van der Waals surface area contributed by atoms with Crippen LogP contribution in [0, 0.1) is 0 Å². The molecule has 0 amide bonds. The van der Waals surface area contributed by atoms with Gasteiger partial charge in [0, 0.05) is 17.8 Å². The molecule has 0 saturated heterocycles. The second-order valence-electron chi connectivity index (χ2n) is 4.21. The van der Waals surface area contributed by atoms with Crippen LogP contribution in [0.15, 0.2) is 24.4 Å². The summed E-state index contributed by atoms with van der Waals surface area (Å²) in [6.45, 7) is 3.18. The highest BCUT2D eigenvalue weighted by Gasteiger charge is 2.08. The third-order valence-corrected chi connectivity index (χ3v) is 3.83. The molecule has 0 aliphatic rings. The molecule has 4 nitrogen and oxygen atoms in total. The van der Waals surface area contributed by atoms with Gasteiger partial charge in [0.05, 0.1) is 22.3 Å². The van der Waals surface area contributed by atoms with Gasteiger partial charge in [-0.05, 0) is 37.3 Å². The summed E-state index contributed by atoms with van der Waals surface area (Å²) in [5, 5.41) is 12.5. The zero-order valence-corrected chi connectivity index (χ0v) is 14.2. The molecule has 0 aliphatic heterocycles. The highest BCUT2D eigenvalue weighted by atomic mass is 35.5. The van der Waals surface area contributed by atoms with Crippen molar-refractivity contribution in [3.8, 4) is 0 Å². The standard InChI is InChI=1S/C13H13Cl3N4S/c1-2-20-7-10(16)12(19-20)6-17-13(21)18-11-5-8(14)3-4-9(11)15/h3-5,7H,2,6H2,1H3,(H2,17,18,21). The van der Waals surface area contributed by atoms with E-state index in [4.69, 9.17) is 47.0 Å². The predicted molar refractivity (Wildman–Crippen MR) is 92.4 cm³/mol. The Morgan fingerprint density at radius 1 is 1.29 bits per heavy atom. The van der Waals surface area contributed by atoms with Crippen molar-refractivity contribution in [1.29, 1.82) is 0 Å². The van der Waals surface area contributed by atoms with Crippen LogP contribution in [0.25, 0.3) is 0 Å². The molecule has 112 valence electrons. The lowest BCUT2D eigenvalue weighted by molar-refractivity contribution is 0.643. The molecule has 0 fully saturated rings. The number of aryl methyl sites for hydroxylation is 1. The Kier molecular flexibility index (Phi) is 5.70. The van der Waals surface area contributed by atoms with Crippen LogP contribution in [-0.4, -0.2) is 14.9 Å². The lowest BCUT2D eigenvalue weighted by Crippen LogP contribution is -2.28. The zero-order valence-electron chi connectivity index (χ0n) is 11.2. The van der Waals surface area contributed by atoms with Crippen LogP contribution in [-0.2, 0) is 13.1 Å². The Morgan fingerprint density at radius 2 is 2.05 bits per heavy atom. The number of hydrogen-bond acceptors (Lipinski definition) is 2. The summed E-state index contributed by atoms with van der Waals surface area (Å²) in [4.78, 5) is 0. The van der Waals surface area contributed by atoms with Gasteiger partial charge >= 0.3 is 0 Å². The van der Waals surface area contributed by atoms with Gasteiger partial charge in [0.25, 0.3) is 0 Å². The largest absolute Gasteiger partial charge is 0.357 e. The summed E-state index contributed by atoms with van der Waals surface area (Å²) in [5.74, 6) is 0. The van der Waals surface area contributed by atoms with Crippen molar-refractivity contribution in [3.63, 3.8) is 0 Å². The average Bonchev–Trinajstić information content (AvgIpc) is 2.81. The van der Waals surface area contributed by atoms with Gasteiger partial charge < -0.3 is 10.6 Å². The predicted octanol–water partition coefficient (Wildman–Crippen LogP) is 4.35. The molecule has 0 unspecified atom stereocenters. The molecule has 0 radical (unpaired) electrons. The van der Waals surface area contributed by atoms with Crippen LogP contribution < -0.4 is 10.6 Å². The third-order valence-electron chi connectivity index (χ3n) is 2.70. The van der Waals surface area contributed by atoms with E-state index in [0.717, 1.165) is 12.2 Å². The molecule has 0 atom stereocenters.